The van der Waals surface area contributed by atoms with Gasteiger partial charge in [0.15, 0.2) is 17.2 Å². The molecule has 0 unspecified atom stereocenters. The average molecular weight is 415 g/mol. The molecule has 6 heteroatoms. The second kappa shape index (κ2) is 9.17. The van der Waals surface area contributed by atoms with Crippen molar-refractivity contribution in [3.05, 3.63) is 95.2 Å². The van der Waals surface area contributed by atoms with Crippen LogP contribution >= 0.6 is 0 Å². The van der Waals surface area contributed by atoms with Crippen LogP contribution in [0.2, 0.25) is 0 Å². The number of aliphatic imine (C=N–C) groups is 1. The number of carbonyl (C=O) groups excluding carboxylic acids is 1. The zero-order valence-corrected chi connectivity index (χ0v) is 17.2. The van der Waals surface area contributed by atoms with Crippen LogP contribution in [0.25, 0.3) is 6.08 Å². The largest absolute Gasteiger partial charge is 0.497 e. The molecule has 0 spiro atoms. The van der Waals surface area contributed by atoms with E-state index in [0.717, 1.165) is 11.1 Å². The van der Waals surface area contributed by atoms with Crippen molar-refractivity contribution in [2.45, 2.75) is 6.61 Å². The number of hydrogen-bond acceptors (Lipinski definition) is 6. The molecular weight excluding hydrogens is 394 g/mol. The van der Waals surface area contributed by atoms with E-state index in [1.165, 1.54) is 0 Å². The molecular formula is C25H21NO5. The summed E-state index contributed by atoms with van der Waals surface area (Å²) in [6, 6.07) is 22.5. The Labute approximate surface area is 180 Å². The molecule has 0 amide bonds. The molecule has 0 fully saturated rings. The molecule has 3 aromatic rings. The molecule has 0 N–H and O–H groups in total. The summed E-state index contributed by atoms with van der Waals surface area (Å²) in [5.41, 5.74) is 2.67. The fourth-order valence-electron chi connectivity index (χ4n) is 3.08. The molecule has 156 valence electrons. The van der Waals surface area contributed by atoms with E-state index in [4.69, 9.17) is 18.9 Å². The lowest BCUT2D eigenvalue weighted by molar-refractivity contribution is -0.129. The molecule has 31 heavy (non-hydrogen) atoms. The predicted octanol–water partition coefficient (Wildman–Crippen LogP) is 4.63. The van der Waals surface area contributed by atoms with E-state index in [2.05, 4.69) is 4.99 Å². The first-order valence-electron chi connectivity index (χ1n) is 9.68. The van der Waals surface area contributed by atoms with E-state index in [1.807, 2.05) is 48.5 Å². The number of carbonyl (C=O) groups is 1. The van der Waals surface area contributed by atoms with Crippen LogP contribution < -0.4 is 14.2 Å². The Balaban J connectivity index is 1.54. The first-order valence-corrected chi connectivity index (χ1v) is 9.68. The van der Waals surface area contributed by atoms with Gasteiger partial charge in [0.05, 0.1) is 14.2 Å². The monoisotopic (exact) mass is 415 g/mol. The summed E-state index contributed by atoms with van der Waals surface area (Å²) in [5, 5.41) is 0. The number of hydrogen-bond donors (Lipinski definition) is 0. The van der Waals surface area contributed by atoms with Crippen LogP contribution in [0, 0.1) is 0 Å². The summed E-state index contributed by atoms with van der Waals surface area (Å²) >= 11 is 0. The minimum atomic E-state index is -0.513. The van der Waals surface area contributed by atoms with Crippen molar-refractivity contribution in [1.29, 1.82) is 0 Å². The lowest BCUT2D eigenvalue weighted by Crippen LogP contribution is -2.05. The highest BCUT2D eigenvalue weighted by molar-refractivity contribution is 6.13. The van der Waals surface area contributed by atoms with Crippen molar-refractivity contribution >= 4 is 17.9 Å². The third kappa shape index (κ3) is 4.75. The Morgan fingerprint density at radius 1 is 0.903 bits per heavy atom. The van der Waals surface area contributed by atoms with E-state index in [9.17, 15) is 4.79 Å². The quantitative estimate of drug-likeness (QED) is 0.416. The molecule has 0 radical (unpaired) electrons. The van der Waals surface area contributed by atoms with Gasteiger partial charge in [-0.15, -0.1) is 0 Å². The maximum atomic E-state index is 12.3. The highest BCUT2D eigenvalue weighted by atomic mass is 16.6. The molecule has 0 atom stereocenters. The Kier molecular flexibility index (Phi) is 5.98. The lowest BCUT2D eigenvalue weighted by atomic mass is 10.1. The summed E-state index contributed by atoms with van der Waals surface area (Å²) in [5.74, 6) is 1.56. The fourth-order valence-corrected chi connectivity index (χ4v) is 3.08. The lowest BCUT2D eigenvalue weighted by Gasteiger charge is -2.11. The molecule has 4 rings (SSSR count). The van der Waals surface area contributed by atoms with Crippen molar-refractivity contribution in [2.24, 2.45) is 4.99 Å². The van der Waals surface area contributed by atoms with Crippen molar-refractivity contribution in [2.75, 3.05) is 14.2 Å². The van der Waals surface area contributed by atoms with Gasteiger partial charge >= 0.3 is 5.97 Å². The number of ether oxygens (including phenoxy) is 4. The van der Waals surface area contributed by atoms with Gasteiger partial charge in [-0.1, -0.05) is 42.5 Å². The number of rotatable bonds is 7. The molecule has 0 saturated carbocycles. The average Bonchev–Trinajstić information content (AvgIpc) is 3.19. The SMILES string of the molecule is COc1cccc(C2=N/C(=C/c3ccc(OCc4ccccc4)c(OC)c3)C(=O)O2)c1. The molecule has 1 aliphatic heterocycles. The first-order chi connectivity index (χ1) is 15.2. The van der Waals surface area contributed by atoms with E-state index in [0.29, 0.717) is 29.4 Å². The Hall–Kier alpha value is -4.06. The van der Waals surface area contributed by atoms with Gasteiger partial charge in [-0.2, -0.15) is 0 Å². The molecule has 0 bridgehead atoms. The number of methoxy groups -OCH3 is 2. The summed E-state index contributed by atoms with van der Waals surface area (Å²) in [6.07, 6.45) is 1.65. The molecule has 1 heterocycles. The van der Waals surface area contributed by atoms with Crippen LogP contribution in [0.5, 0.6) is 17.2 Å². The molecule has 6 nitrogen and oxygen atoms in total. The standard InChI is InChI=1S/C25H21NO5/c1-28-20-10-6-9-19(15-20)24-26-21(25(27)31-24)13-18-11-12-22(23(14-18)29-2)30-16-17-7-4-3-5-8-17/h3-15H,16H2,1-2H3/b21-13+. The van der Waals surface area contributed by atoms with Crippen molar-refractivity contribution in [1.82, 2.24) is 0 Å². The first kappa shape index (κ1) is 20.2. The topological polar surface area (TPSA) is 66.3 Å². The molecule has 0 aliphatic carbocycles. The zero-order chi connectivity index (χ0) is 21.6. The van der Waals surface area contributed by atoms with Gasteiger partial charge in [-0.3, -0.25) is 0 Å². The van der Waals surface area contributed by atoms with E-state index < -0.39 is 5.97 Å². The van der Waals surface area contributed by atoms with Gasteiger partial charge < -0.3 is 18.9 Å². The predicted molar refractivity (Wildman–Crippen MR) is 117 cm³/mol. The highest BCUT2D eigenvalue weighted by Gasteiger charge is 2.24. The van der Waals surface area contributed by atoms with Crippen molar-refractivity contribution in [3.8, 4) is 17.2 Å². The minimum absolute atomic E-state index is 0.206. The van der Waals surface area contributed by atoms with Gasteiger partial charge in [-0.25, -0.2) is 9.79 Å². The highest BCUT2D eigenvalue weighted by Crippen LogP contribution is 2.30. The minimum Gasteiger partial charge on any atom is -0.497 e. The van der Waals surface area contributed by atoms with E-state index >= 15 is 0 Å². The van der Waals surface area contributed by atoms with Crippen LogP contribution in [0.15, 0.2) is 83.5 Å². The van der Waals surface area contributed by atoms with Crippen LogP contribution in [0.3, 0.4) is 0 Å². The zero-order valence-electron chi connectivity index (χ0n) is 17.2. The van der Waals surface area contributed by atoms with Crippen molar-refractivity contribution < 1.29 is 23.7 Å². The molecule has 3 aromatic carbocycles. The van der Waals surface area contributed by atoms with E-state index in [1.54, 1.807) is 44.6 Å². The van der Waals surface area contributed by atoms with Crippen LogP contribution in [-0.4, -0.2) is 26.1 Å². The smallest absolute Gasteiger partial charge is 0.363 e. The fraction of sp³-hybridized carbons (Fsp3) is 0.120. The number of esters is 1. The van der Waals surface area contributed by atoms with Gasteiger partial charge in [0.1, 0.15) is 12.4 Å². The Morgan fingerprint density at radius 3 is 2.52 bits per heavy atom. The van der Waals surface area contributed by atoms with Crippen LogP contribution in [0.1, 0.15) is 16.7 Å². The molecule has 0 aromatic heterocycles. The Morgan fingerprint density at radius 2 is 1.74 bits per heavy atom. The summed E-state index contributed by atoms with van der Waals surface area (Å²) < 4.78 is 21.9. The second-order valence-electron chi connectivity index (χ2n) is 6.75. The third-order valence-corrected chi connectivity index (χ3v) is 4.67. The summed E-state index contributed by atoms with van der Waals surface area (Å²) in [4.78, 5) is 16.6. The number of benzene rings is 3. The van der Waals surface area contributed by atoms with Gasteiger partial charge in [-0.05, 0) is 47.5 Å². The normalized spacial score (nSPS) is 14.2. The maximum absolute atomic E-state index is 12.3. The van der Waals surface area contributed by atoms with Crippen LogP contribution in [0.4, 0.5) is 0 Å². The number of cyclic esters (lactones) is 1. The third-order valence-electron chi connectivity index (χ3n) is 4.67. The second-order valence-corrected chi connectivity index (χ2v) is 6.75. The maximum Gasteiger partial charge on any atom is 0.363 e. The Bertz CT molecular complexity index is 1150. The van der Waals surface area contributed by atoms with Gasteiger partial charge in [0.25, 0.3) is 0 Å². The van der Waals surface area contributed by atoms with E-state index in [-0.39, 0.29) is 11.6 Å². The van der Waals surface area contributed by atoms with Crippen molar-refractivity contribution in [3.63, 3.8) is 0 Å². The van der Waals surface area contributed by atoms with Crippen LogP contribution in [-0.2, 0) is 16.1 Å². The summed E-state index contributed by atoms with van der Waals surface area (Å²) in [7, 11) is 3.15. The van der Waals surface area contributed by atoms with Gasteiger partial charge in [0.2, 0.25) is 5.90 Å². The molecule has 0 saturated heterocycles. The number of nitrogens with zero attached hydrogens (tertiary/aromatic N) is 1. The molecule has 1 aliphatic rings. The van der Waals surface area contributed by atoms with Gasteiger partial charge in [0, 0.05) is 5.56 Å². The summed E-state index contributed by atoms with van der Waals surface area (Å²) in [6.45, 7) is 0.429.